The summed E-state index contributed by atoms with van der Waals surface area (Å²) in [5, 5.41) is 18.8. The average molecular weight is 566 g/mol. The van der Waals surface area contributed by atoms with Crippen LogP contribution in [0.1, 0.15) is 45.8 Å². The molecule has 0 bridgehead atoms. The van der Waals surface area contributed by atoms with E-state index in [0.29, 0.717) is 29.9 Å². The van der Waals surface area contributed by atoms with Crippen LogP contribution in [-0.4, -0.2) is 35.1 Å². The van der Waals surface area contributed by atoms with E-state index in [0.717, 1.165) is 23.3 Å². The summed E-state index contributed by atoms with van der Waals surface area (Å²) < 4.78 is 41.9. The number of hydrogen-bond donors (Lipinski definition) is 2. The molecule has 2 aromatic carbocycles. The van der Waals surface area contributed by atoms with Crippen molar-refractivity contribution in [2.45, 2.75) is 51.1 Å². The molecule has 0 saturated heterocycles. The van der Waals surface area contributed by atoms with Crippen molar-refractivity contribution in [3.05, 3.63) is 93.1 Å². The number of sulfonamides is 1. The molecule has 1 amide bonds. The number of benzene rings is 2. The van der Waals surface area contributed by atoms with Crippen molar-refractivity contribution < 1.29 is 27.3 Å². The van der Waals surface area contributed by atoms with Crippen molar-refractivity contribution in [2.24, 2.45) is 0 Å². The number of nitro benzene ring substituents is 1. The molecular weight excluding hydrogens is 538 g/mol. The Morgan fingerprint density at radius 1 is 1.18 bits per heavy atom. The van der Waals surface area contributed by atoms with E-state index in [1.54, 1.807) is 19.1 Å². The third-order valence-corrected chi connectivity index (χ3v) is 7.95. The highest BCUT2D eigenvalue weighted by Crippen LogP contribution is 2.37. The molecule has 1 saturated carbocycles. The minimum atomic E-state index is -4.15. The second-order valence-corrected chi connectivity index (χ2v) is 11.3. The number of amides is 1. The molecule has 208 valence electrons. The fraction of sp³-hybridized carbons (Fsp3) is 0.259. The van der Waals surface area contributed by atoms with Crippen molar-refractivity contribution in [3.8, 4) is 17.3 Å². The predicted octanol–water partition coefficient (Wildman–Crippen LogP) is 4.46. The highest BCUT2D eigenvalue weighted by Gasteiger charge is 2.32. The van der Waals surface area contributed by atoms with Gasteiger partial charge in [0, 0.05) is 23.7 Å². The molecule has 2 aromatic heterocycles. The molecule has 0 atom stereocenters. The molecule has 1 aliphatic carbocycles. The number of ether oxygens (including phenoxy) is 1. The smallest absolute Gasteiger partial charge is 0.272 e. The molecule has 12 nitrogen and oxygen atoms in total. The number of furan rings is 1. The maximum absolute atomic E-state index is 13.2. The average Bonchev–Trinajstić information content (AvgIpc) is 3.43. The molecular formula is C27H27N5O7S. The molecule has 40 heavy (non-hydrogen) atoms. The summed E-state index contributed by atoms with van der Waals surface area (Å²) in [4.78, 5) is 23.6. The van der Waals surface area contributed by atoms with Gasteiger partial charge in [-0.05, 0) is 69.0 Å². The molecule has 1 fully saturated rings. The van der Waals surface area contributed by atoms with E-state index >= 15 is 0 Å². The summed E-state index contributed by atoms with van der Waals surface area (Å²) in [6, 6.07) is 12.2. The Labute approximate surface area is 230 Å². The van der Waals surface area contributed by atoms with Gasteiger partial charge in [0.15, 0.2) is 5.69 Å². The van der Waals surface area contributed by atoms with E-state index in [4.69, 9.17) is 9.15 Å². The molecule has 0 radical (unpaired) electrons. The van der Waals surface area contributed by atoms with Gasteiger partial charge >= 0.3 is 0 Å². The van der Waals surface area contributed by atoms with Gasteiger partial charge in [0.05, 0.1) is 23.4 Å². The van der Waals surface area contributed by atoms with Crippen LogP contribution in [0.25, 0.3) is 5.69 Å². The SMILES string of the molecule is Cc1ccc(C)c(-n2nc(C(=O)NCc3ccco3)c(C)c2Oc2ccc([N+](=O)[O-])cc2S(=O)(=O)NC2CC2)c1. The van der Waals surface area contributed by atoms with Crippen molar-refractivity contribution in [2.75, 3.05) is 0 Å². The van der Waals surface area contributed by atoms with Crippen LogP contribution >= 0.6 is 0 Å². The van der Waals surface area contributed by atoms with Gasteiger partial charge in [-0.1, -0.05) is 12.1 Å². The van der Waals surface area contributed by atoms with Crippen LogP contribution in [0.4, 0.5) is 5.69 Å². The van der Waals surface area contributed by atoms with E-state index in [-0.39, 0.29) is 34.8 Å². The number of carbonyl (C=O) groups excluding carboxylic acids is 1. The Morgan fingerprint density at radius 2 is 1.95 bits per heavy atom. The summed E-state index contributed by atoms with van der Waals surface area (Å²) in [5.74, 6) is 0.0134. The van der Waals surface area contributed by atoms with Crippen LogP contribution in [0.15, 0.2) is 64.1 Å². The fourth-order valence-electron chi connectivity index (χ4n) is 4.08. The van der Waals surface area contributed by atoms with Crippen molar-refractivity contribution in [1.29, 1.82) is 0 Å². The Kier molecular flexibility index (Phi) is 7.17. The number of nitro groups is 1. The number of nitrogens with zero attached hydrogens (tertiary/aromatic N) is 3. The first kappa shape index (κ1) is 27.1. The lowest BCUT2D eigenvalue weighted by atomic mass is 10.1. The lowest BCUT2D eigenvalue weighted by Gasteiger charge is -2.15. The van der Waals surface area contributed by atoms with E-state index in [1.165, 1.54) is 17.0 Å². The standard InChI is InChI=1S/C27H27N5O7S/c1-16-6-7-17(2)22(13-16)31-27(18(3)25(29-31)26(33)28-15-21-5-4-12-38-21)39-23-11-10-20(32(34)35)14-24(23)40(36,37)30-19-8-9-19/h4-7,10-14,19,30H,8-9,15H2,1-3H3,(H,28,33). The number of nitrogens with one attached hydrogen (secondary N) is 2. The normalized spacial score (nSPS) is 13.3. The van der Waals surface area contributed by atoms with Gasteiger partial charge in [-0.15, -0.1) is 0 Å². The zero-order chi connectivity index (χ0) is 28.6. The minimum absolute atomic E-state index is 0.0601. The molecule has 13 heteroatoms. The lowest BCUT2D eigenvalue weighted by Crippen LogP contribution is -2.26. The van der Waals surface area contributed by atoms with Crippen LogP contribution in [0.3, 0.4) is 0 Å². The zero-order valence-corrected chi connectivity index (χ0v) is 22.8. The molecule has 0 unspecified atom stereocenters. The van der Waals surface area contributed by atoms with E-state index in [2.05, 4.69) is 15.1 Å². The first-order valence-corrected chi connectivity index (χ1v) is 14.0. The van der Waals surface area contributed by atoms with Crippen LogP contribution in [0.2, 0.25) is 0 Å². The molecule has 1 aliphatic rings. The van der Waals surface area contributed by atoms with Crippen LogP contribution < -0.4 is 14.8 Å². The highest BCUT2D eigenvalue weighted by atomic mass is 32.2. The topological polar surface area (TPSA) is 159 Å². The van der Waals surface area contributed by atoms with Crippen LogP contribution in [0.5, 0.6) is 11.6 Å². The second kappa shape index (κ2) is 10.6. The Balaban J connectivity index is 1.61. The monoisotopic (exact) mass is 565 g/mol. The van der Waals surface area contributed by atoms with E-state index in [9.17, 15) is 23.3 Å². The molecule has 2 heterocycles. The van der Waals surface area contributed by atoms with Gasteiger partial charge in [-0.2, -0.15) is 9.78 Å². The maximum Gasteiger partial charge on any atom is 0.272 e. The van der Waals surface area contributed by atoms with E-state index in [1.807, 2.05) is 32.0 Å². The van der Waals surface area contributed by atoms with Crippen molar-refractivity contribution in [3.63, 3.8) is 0 Å². The second-order valence-electron chi connectivity index (χ2n) is 9.63. The Bertz CT molecular complexity index is 1710. The Hall–Kier alpha value is -4.49. The predicted molar refractivity (Wildman–Crippen MR) is 144 cm³/mol. The maximum atomic E-state index is 13.2. The van der Waals surface area contributed by atoms with Gasteiger partial charge in [0.2, 0.25) is 15.9 Å². The Morgan fingerprint density at radius 3 is 2.62 bits per heavy atom. The number of hydrogen-bond acceptors (Lipinski definition) is 8. The number of non-ortho nitro benzene ring substituents is 1. The molecule has 0 spiro atoms. The van der Waals surface area contributed by atoms with Crippen molar-refractivity contribution >= 4 is 21.6 Å². The summed E-state index contributed by atoms with van der Waals surface area (Å²) in [6.07, 6.45) is 2.86. The number of aromatic nitrogens is 2. The molecule has 2 N–H and O–H groups in total. The summed E-state index contributed by atoms with van der Waals surface area (Å²) in [6.45, 7) is 5.54. The van der Waals surface area contributed by atoms with E-state index < -0.39 is 26.5 Å². The van der Waals surface area contributed by atoms with Crippen LogP contribution in [-0.2, 0) is 16.6 Å². The molecule has 5 rings (SSSR count). The zero-order valence-electron chi connectivity index (χ0n) is 22.0. The number of rotatable bonds is 10. The van der Waals surface area contributed by atoms with Gasteiger partial charge in [0.1, 0.15) is 16.4 Å². The minimum Gasteiger partial charge on any atom is -0.467 e. The molecule has 4 aromatic rings. The summed E-state index contributed by atoms with van der Waals surface area (Å²) >= 11 is 0. The number of aryl methyl sites for hydroxylation is 2. The summed E-state index contributed by atoms with van der Waals surface area (Å²) in [7, 11) is -4.15. The quantitative estimate of drug-likeness (QED) is 0.211. The third-order valence-electron chi connectivity index (χ3n) is 6.41. The fourth-order valence-corrected chi connectivity index (χ4v) is 5.54. The first-order valence-electron chi connectivity index (χ1n) is 12.5. The largest absolute Gasteiger partial charge is 0.467 e. The van der Waals surface area contributed by atoms with Gasteiger partial charge in [0.25, 0.3) is 11.6 Å². The summed E-state index contributed by atoms with van der Waals surface area (Å²) in [5.41, 5.74) is 2.37. The van der Waals surface area contributed by atoms with Gasteiger partial charge in [-0.3, -0.25) is 14.9 Å². The lowest BCUT2D eigenvalue weighted by molar-refractivity contribution is -0.385. The van der Waals surface area contributed by atoms with Gasteiger partial charge in [-0.25, -0.2) is 13.1 Å². The van der Waals surface area contributed by atoms with Crippen LogP contribution in [0, 0.1) is 30.9 Å². The third kappa shape index (κ3) is 5.60. The van der Waals surface area contributed by atoms with Crippen molar-refractivity contribution in [1.82, 2.24) is 19.8 Å². The molecule has 0 aliphatic heterocycles. The number of carbonyl (C=O) groups is 1. The first-order chi connectivity index (χ1) is 19.0. The van der Waals surface area contributed by atoms with Gasteiger partial charge < -0.3 is 14.5 Å². The highest BCUT2D eigenvalue weighted by molar-refractivity contribution is 7.89.